The summed E-state index contributed by atoms with van der Waals surface area (Å²) in [6.07, 6.45) is 11.7. The Hall–Kier alpha value is -2.62. The first kappa shape index (κ1) is 31.9. The van der Waals surface area contributed by atoms with Gasteiger partial charge in [0.05, 0.1) is 12.1 Å². The summed E-state index contributed by atoms with van der Waals surface area (Å²) in [7, 11) is 0. The van der Waals surface area contributed by atoms with E-state index in [1.807, 2.05) is 12.4 Å². The lowest BCUT2D eigenvalue weighted by atomic mass is 9.73. The molecule has 220 valence electrons. The summed E-state index contributed by atoms with van der Waals surface area (Å²) in [5.41, 5.74) is 6.22. The fraction of sp³-hybridized carbons (Fsp3) is 0.611. The maximum Gasteiger partial charge on any atom is 0.127 e. The van der Waals surface area contributed by atoms with E-state index in [0.717, 1.165) is 41.5 Å². The minimum atomic E-state index is 0.0969. The molecule has 0 saturated heterocycles. The summed E-state index contributed by atoms with van der Waals surface area (Å²) in [6.45, 7) is 19.8. The second kappa shape index (κ2) is 13.8. The third-order valence-corrected chi connectivity index (χ3v) is 8.67. The van der Waals surface area contributed by atoms with Crippen LogP contribution in [0.2, 0.25) is 0 Å². The van der Waals surface area contributed by atoms with Crippen LogP contribution in [0.25, 0.3) is 0 Å². The Morgan fingerprint density at radius 3 is 1.68 bits per heavy atom. The molecule has 0 radical (unpaired) electrons. The zero-order valence-corrected chi connectivity index (χ0v) is 26.6. The van der Waals surface area contributed by atoms with Crippen molar-refractivity contribution in [3.63, 3.8) is 0 Å². The lowest BCUT2D eigenvalue weighted by Gasteiger charge is -2.32. The van der Waals surface area contributed by atoms with Crippen molar-refractivity contribution in [2.24, 2.45) is 9.98 Å². The van der Waals surface area contributed by atoms with E-state index in [2.05, 4.69) is 86.6 Å². The number of aliphatic imine (C=N–C) groups is 2. The van der Waals surface area contributed by atoms with Crippen LogP contribution in [0.3, 0.4) is 0 Å². The Labute approximate surface area is 244 Å². The molecule has 0 heterocycles. The second-order valence-electron chi connectivity index (χ2n) is 13.2. The number of nitrogens with zero attached hydrogens (tertiary/aromatic N) is 2. The molecule has 4 heteroatoms. The van der Waals surface area contributed by atoms with E-state index in [1.54, 1.807) is 0 Å². The lowest BCUT2D eigenvalue weighted by molar-refractivity contribution is 0.373. The number of phenols is 2. The first-order chi connectivity index (χ1) is 18.9. The normalized spacial score (nSPS) is 17.8. The minimum absolute atomic E-state index is 0.0969. The highest BCUT2D eigenvalue weighted by Crippen LogP contribution is 2.40. The highest BCUT2D eigenvalue weighted by atomic mass is 16.3. The minimum Gasteiger partial charge on any atom is -0.507 e. The Morgan fingerprint density at radius 1 is 0.750 bits per heavy atom. The highest BCUT2D eigenvalue weighted by molar-refractivity contribution is 5.86. The van der Waals surface area contributed by atoms with Gasteiger partial charge in [0, 0.05) is 23.6 Å². The van der Waals surface area contributed by atoms with Crippen molar-refractivity contribution in [1.82, 2.24) is 0 Å². The van der Waals surface area contributed by atoms with E-state index in [4.69, 9.17) is 9.98 Å². The van der Waals surface area contributed by atoms with Gasteiger partial charge in [-0.15, -0.1) is 0 Å². The summed E-state index contributed by atoms with van der Waals surface area (Å²) >= 11 is 0. The van der Waals surface area contributed by atoms with Gasteiger partial charge >= 0.3 is 0 Å². The SMILES string of the molecule is CCCCC(C)(CCCC)c1cc(C=NC2CC2N=Cc2cc(C(C)C)cc(C(C)C)c2O)c(O)c(C(C)C)c1. The molecule has 4 nitrogen and oxygen atoms in total. The van der Waals surface area contributed by atoms with Crippen LogP contribution in [0.4, 0.5) is 0 Å². The molecule has 2 aromatic rings. The topological polar surface area (TPSA) is 65.2 Å². The summed E-state index contributed by atoms with van der Waals surface area (Å²) in [5, 5.41) is 22.0. The van der Waals surface area contributed by atoms with Crippen molar-refractivity contribution in [2.75, 3.05) is 0 Å². The quantitative estimate of drug-likeness (QED) is 0.232. The summed E-state index contributed by atoms with van der Waals surface area (Å²) in [6, 6.07) is 8.81. The van der Waals surface area contributed by atoms with Gasteiger partial charge in [0.25, 0.3) is 0 Å². The molecular formula is C36H54N2O2. The number of aromatic hydroxyl groups is 2. The molecule has 1 fully saturated rings. The van der Waals surface area contributed by atoms with Crippen molar-refractivity contribution in [1.29, 1.82) is 0 Å². The summed E-state index contributed by atoms with van der Waals surface area (Å²) in [5.74, 6) is 1.55. The molecule has 2 unspecified atom stereocenters. The molecule has 0 aromatic heterocycles. The monoisotopic (exact) mass is 546 g/mol. The van der Waals surface area contributed by atoms with E-state index in [9.17, 15) is 10.2 Å². The van der Waals surface area contributed by atoms with Crippen LogP contribution in [-0.2, 0) is 5.41 Å². The Bertz CT molecular complexity index is 1180. The third kappa shape index (κ3) is 7.77. The van der Waals surface area contributed by atoms with Gasteiger partial charge in [0.2, 0.25) is 0 Å². The molecule has 40 heavy (non-hydrogen) atoms. The maximum atomic E-state index is 11.2. The van der Waals surface area contributed by atoms with Gasteiger partial charge in [-0.25, -0.2) is 0 Å². The lowest BCUT2D eigenvalue weighted by Crippen LogP contribution is -2.23. The van der Waals surface area contributed by atoms with Crippen molar-refractivity contribution in [2.45, 2.75) is 143 Å². The second-order valence-corrected chi connectivity index (χ2v) is 13.2. The van der Waals surface area contributed by atoms with E-state index >= 15 is 0 Å². The zero-order valence-electron chi connectivity index (χ0n) is 26.6. The molecule has 3 rings (SSSR count). The molecule has 1 aliphatic carbocycles. The van der Waals surface area contributed by atoms with Crippen molar-refractivity contribution in [3.8, 4) is 11.5 Å². The molecule has 2 aromatic carbocycles. The van der Waals surface area contributed by atoms with E-state index in [1.165, 1.54) is 36.8 Å². The molecule has 0 bridgehead atoms. The fourth-order valence-electron chi connectivity index (χ4n) is 5.53. The van der Waals surface area contributed by atoms with E-state index in [-0.39, 0.29) is 29.3 Å². The average Bonchev–Trinajstić information content (AvgIpc) is 3.67. The van der Waals surface area contributed by atoms with Gasteiger partial charge < -0.3 is 10.2 Å². The first-order valence-electron chi connectivity index (χ1n) is 15.7. The molecule has 0 aliphatic heterocycles. The smallest absolute Gasteiger partial charge is 0.127 e. The van der Waals surface area contributed by atoms with Crippen LogP contribution in [0.1, 0.15) is 158 Å². The van der Waals surface area contributed by atoms with Gasteiger partial charge in [-0.2, -0.15) is 0 Å². The molecule has 2 atom stereocenters. The number of unbranched alkanes of at least 4 members (excludes halogenated alkanes) is 2. The standard InChI is InChI=1S/C36H54N2O2/c1-10-12-14-36(9,15-13-11-2)29-17-28(35(40)31(19-29)25(7)8)22-38-33-20-32(33)37-21-27-16-26(23(3)4)18-30(24(5)6)34(27)39/h16-19,21-25,32-33,39-40H,10-15,20H2,1-9H3. The first-order valence-corrected chi connectivity index (χ1v) is 15.7. The van der Waals surface area contributed by atoms with Crippen LogP contribution >= 0.6 is 0 Å². The van der Waals surface area contributed by atoms with Crippen molar-refractivity contribution < 1.29 is 10.2 Å². The average molecular weight is 547 g/mol. The van der Waals surface area contributed by atoms with Crippen molar-refractivity contribution >= 4 is 12.4 Å². The van der Waals surface area contributed by atoms with Crippen molar-refractivity contribution in [3.05, 3.63) is 57.6 Å². The number of rotatable bonds is 14. The molecule has 2 N–H and O–H groups in total. The maximum absolute atomic E-state index is 11.2. The Kier molecular flexibility index (Phi) is 11.0. The number of hydrogen-bond acceptors (Lipinski definition) is 4. The largest absolute Gasteiger partial charge is 0.507 e. The molecule has 0 spiro atoms. The molecule has 0 amide bonds. The van der Waals surface area contributed by atoms with Crippen LogP contribution in [0.5, 0.6) is 11.5 Å². The number of hydrogen-bond donors (Lipinski definition) is 2. The van der Waals surface area contributed by atoms with Crippen LogP contribution < -0.4 is 0 Å². The van der Waals surface area contributed by atoms with Gasteiger partial charge in [0.1, 0.15) is 11.5 Å². The zero-order chi connectivity index (χ0) is 29.6. The number of benzene rings is 2. The van der Waals surface area contributed by atoms with Gasteiger partial charge in [0.15, 0.2) is 0 Å². The summed E-state index contributed by atoms with van der Waals surface area (Å²) < 4.78 is 0. The van der Waals surface area contributed by atoms with Gasteiger partial charge in [-0.05, 0) is 76.8 Å². The van der Waals surface area contributed by atoms with Crippen LogP contribution in [0, 0.1) is 0 Å². The van der Waals surface area contributed by atoms with Crippen LogP contribution in [0.15, 0.2) is 34.3 Å². The molecule has 1 saturated carbocycles. The predicted molar refractivity (Wildman–Crippen MR) is 172 cm³/mol. The Balaban J connectivity index is 1.85. The van der Waals surface area contributed by atoms with Gasteiger partial charge in [-0.3, -0.25) is 9.98 Å². The van der Waals surface area contributed by atoms with Crippen LogP contribution in [-0.4, -0.2) is 34.7 Å². The molecular weight excluding hydrogens is 492 g/mol. The third-order valence-electron chi connectivity index (χ3n) is 8.67. The van der Waals surface area contributed by atoms with Gasteiger partial charge in [-0.1, -0.05) is 100 Å². The fourth-order valence-corrected chi connectivity index (χ4v) is 5.53. The number of phenolic OH excluding ortho intramolecular Hbond substituents is 2. The molecule has 1 aliphatic rings. The van der Waals surface area contributed by atoms with E-state index in [0.29, 0.717) is 17.4 Å². The highest BCUT2D eigenvalue weighted by Gasteiger charge is 2.36. The predicted octanol–water partition coefficient (Wildman–Crippen LogP) is 9.78. The van der Waals surface area contributed by atoms with E-state index < -0.39 is 0 Å². The summed E-state index contributed by atoms with van der Waals surface area (Å²) in [4.78, 5) is 9.65. The Morgan fingerprint density at radius 2 is 1.23 bits per heavy atom.